The van der Waals surface area contributed by atoms with Crippen LogP contribution in [0.2, 0.25) is 0 Å². The van der Waals surface area contributed by atoms with Crippen molar-refractivity contribution < 1.29 is 8.42 Å². The van der Waals surface area contributed by atoms with E-state index in [1.165, 1.54) is 0 Å². The smallest absolute Gasteiger partial charge is 0.203 e. The van der Waals surface area contributed by atoms with Crippen LogP contribution in [0.1, 0.15) is 10.6 Å². The van der Waals surface area contributed by atoms with E-state index < -0.39 is 9.84 Å². The fraction of sp³-hybridized carbons (Fsp3) is 0.267. The van der Waals surface area contributed by atoms with Crippen LogP contribution in [0, 0.1) is 6.92 Å². The van der Waals surface area contributed by atoms with Crippen LogP contribution in [0.15, 0.2) is 52.0 Å². The highest BCUT2D eigenvalue weighted by molar-refractivity contribution is 7.98. The molecule has 8 heteroatoms. The van der Waals surface area contributed by atoms with Gasteiger partial charge in [0.05, 0.1) is 10.3 Å². The first-order chi connectivity index (χ1) is 11.0. The second-order valence-electron chi connectivity index (χ2n) is 4.84. The Morgan fingerprint density at radius 1 is 1.39 bits per heavy atom. The van der Waals surface area contributed by atoms with Gasteiger partial charge in [-0.1, -0.05) is 17.7 Å². The highest BCUT2D eigenvalue weighted by atomic mass is 32.2. The maximum Gasteiger partial charge on any atom is 0.203 e. The number of nitrogens with two attached hydrogens (primary N) is 1. The average Bonchev–Trinajstić information content (AvgIpc) is 3.00. The summed E-state index contributed by atoms with van der Waals surface area (Å²) in [4.78, 5) is 4.44. The number of hydrogen-bond donors (Lipinski definition) is 2. The Hall–Kier alpha value is -1.51. The van der Waals surface area contributed by atoms with Crippen LogP contribution in [0.5, 0.6) is 0 Å². The Balaban J connectivity index is 1.80. The third-order valence-electron chi connectivity index (χ3n) is 2.92. The van der Waals surface area contributed by atoms with Crippen LogP contribution in [0.4, 0.5) is 0 Å². The molecule has 0 atom stereocenters. The fourth-order valence-corrected chi connectivity index (χ4v) is 4.39. The standard InChI is InChI=1S/C15H19N3O2S3/c1-12-2-4-13(5-3-12)23(19,20)11-14(16)17-6-8-21-10-15-18-7-9-22-15/h2-5,7,9,11,17H,6,8,10,16H2,1H3. The van der Waals surface area contributed by atoms with Gasteiger partial charge in [-0.2, -0.15) is 11.8 Å². The lowest BCUT2D eigenvalue weighted by Crippen LogP contribution is -2.23. The quantitative estimate of drug-likeness (QED) is 0.696. The maximum atomic E-state index is 12.2. The fourth-order valence-electron chi connectivity index (χ4n) is 1.76. The number of hydrogen-bond acceptors (Lipinski definition) is 7. The van der Waals surface area contributed by atoms with E-state index in [9.17, 15) is 8.42 Å². The summed E-state index contributed by atoms with van der Waals surface area (Å²) >= 11 is 3.35. The summed E-state index contributed by atoms with van der Waals surface area (Å²) in [5, 5.41) is 7.03. The number of nitrogens with zero attached hydrogens (tertiary/aromatic N) is 1. The van der Waals surface area contributed by atoms with Crippen LogP contribution >= 0.6 is 23.1 Å². The molecular weight excluding hydrogens is 350 g/mol. The number of nitrogens with one attached hydrogen (secondary N) is 1. The number of thiazole rings is 1. The van der Waals surface area contributed by atoms with Crippen LogP contribution in [0.25, 0.3) is 0 Å². The molecule has 124 valence electrons. The molecular formula is C15H19N3O2S3. The molecule has 0 radical (unpaired) electrons. The van der Waals surface area contributed by atoms with Gasteiger partial charge in [0.1, 0.15) is 10.8 Å². The molecule has 0 amide bonds. The van der Waals surface area contributed by atoms with Crippen molar-refractivity contribution in [1.82, 2.24) is 10.3 Å². The molecule has 23 heavy (non-hydrogen) atoms. The number of aryl methyl sites for hydroxylation is 1. The van der Waals surface area contributed by atoms with Gasteiger partial charge in [-0.05, 0) is 19.1 Å². The van der Waals surface area contributed by atoms with Gasteiger partial charge >= 0.3 is 0 Å². The Labute approximate surface area is 144 Å². The number of thioether (sulfide) groups is 1. The highest BCUT2D eigenvalue weighted by Gasteiger charge is 2.11. The van der Waals surface area contributed by atoms with E-state index in [0.717, 1.165) is 27.5 Å². The van der Waals surface area contributed by atoms with E-state index in [0.29, 0.717) is 6.54 Å². The summed E-state index contributed by atoms with van der Waals surface area (Å²) in [6.45, 7) is 2.51. The molecule has 0 unspecified atom stereocenters. The van der Waals surface area contributed by atoms with E-state index in [1.54, 1.807) is 53.6 Å². The number of sulfone groups is 1. The highest BCUT2D eigenvalue weighted by Crippen LogP contribution is 2.14. The van der Waals surface area contributed by atoms with E-state index in [1.807, 2.05) is 12.3 Å². The summed E-state index contributed by atoms with van der Waals surface area (Å²) in [7, 11) is -3.52. The molecule has 3 N–H and O–H groups in total. The lowest BCUT2D eigenvalue weighted by molar-refractivity contribution is 0.604. The summed E-state index contributed by atoms with van der Waals surface area (Å²) in [5.74, 6) is 1.82. The summed E-state index contributed by atoms with van der Waals surface area (Å²) < 4.78 is 24.4. The van der Waals surface area contributed by atoms with Crippen molar-refractivity contribution >= 4 is 32.9 Å². The minimum absolute atomic E-state index is 0.153. The molecule has 0 aliphatic rings. The first-order valence-corrected chi connectivity index (χ1v) is 10.5. The molecule has 0 saturated carbocycles. The van der Waals surface area contributed by atoms with Gasteiger partial charge in [0.25, 0.3) is 0 Å². The van der Waals surface area contributed by atoms with Gasteiger partial charge in [0.15, 0.2) is 0 Å². The van der Waals surface area contributed by atoms with Gasteiger partial charge in [0.2, 0.25) is 9.84 Å². The van der Waals surface area contributed by atoms with Crippen LogP contribution < -0.4 is 11.1 Å². The largest absolute Gasteiger partial charge is 0.385 e. The number of benzene rings is 1. The van der Waals surface area contributed by atoms with Crippen molar-refractivity contribution in [2.24, 2.45) is 5.73 Å². The predicted octanol–water partition coefficient (Wildman–Crippen LogP) is 2.51. The van der Waals surface area contributed by atoms with Crippen molar-refractivity contribution in [3.63, 3.8) is 0 Å². The lowest BCUT2D eigenvalue weighted by atomic mass is 10.2. The van der Waals surface area contributed by atoms with Crippen molar-refractivity contribution in [1.29, 1.82) is 0 Å². The zero-order valence-corrected chi connectivity index (χ0v) is 15.2. The average molecular weight is 370 g/mol. The normalized spacial score (nSPS) is 12.3. The summed E-state index contributed by atoms with van der Waals surface area (Å²) in [6, 6.07) is 6.69. The molecule has 0 bridgehead atoms. The predicted molar refractivity (Wildman–Crippen MR) is 96.9 cm³/mol. The zero-order valence-electron chi connectivity index (χ0n) is 12.7. The molecule has 0 aliphatic carbocycles. The molecule has 0 spiro atoms. The molecule has 2 aromatic rings. The lowest BCUT2D eigenvalue weighted by Gasteiger charge is -2.06. The van der Waals surface area contributed by atoms with Crippen molar-refractivity contribution in [2.45, 2.75) is 17.6 Å². The zero-order chi connectivity index (χ0) is 16.7. The molecule has 0 aliphatic heterocycles. The Morgan fingerprint density at radius 2 is 2.13 bits per heavy atom. The van der Waals surface area contributed by atoms with E-state index in [-0.39, 0.29) is 10.7 Å². The topological polar surface area (TPSA) is 85.1 Å². The van der Waals surface area contributed by atoms with Gasteiger partial charge in [-0.25, -0.2) is 13.4 Å². The van der Waals surface area contributed by atoms with Crippen LogP contribution in [-0.2, 0) is 15.6 Å². The molecule has 2 rings (SSSR count). The third-order valence-corrected chi connectivity index (χ3v) is 6.34. The molecule has 0 saturated heterocycles. The molecule has 1 aromatic heterocycles. The van der Waals surface area contributed by atoms with Gasteiger partial charge in [-0.15, -0.1) is 11.3 Å². The molecule has 5 nitrogen and oxygen atoms in total. The van der Waals surface area contributed by atoms with E-state index in [4.69, 9.17) is 5.73 Å². The van der Waals surface area contributed by atoms with Crippen LogP contribution in [0.3, 0.4) is 0 Å². The summed E-state index contributed by atoms with van der Waals surface area (Å²) in [6.07, 6.45) is 1.79. The summed E-state index contributed by atoms with van der Waals surface area (Å²) in [5.41, 5.74) is 6.77. The second-order valence-corrected chi connectivity index (χ2v) is 8.72. The van der Waals surface area contributed by atoms with Crippen LogP contribution in [-0.4, -0.2) is 25.7 Å². The van der Waals surface area contributed by atoms with Crippen molar-refractivity contribution in [3.8, 4) is 0 Å². The van der Waals surface area contributed by atoms with E-state index in [2.05, 4.69) is 10.3 Å². The first kappa shape index (κ1) is 17.8. The van der Waals surface area contributed by atoms with Crippen molar-refractivity contribution in [3.05, 3.63) is 57.6 Å². The number of aromatic nitrogens is 1. The SMILES string of the molecule is Cc1ccc(S(=O)(=O)C=C(N)NCCSCc2nccs2)cc1. The first-order valence-electron chi connectivity index (χ1n) is 6.96. The second kappa shape index (κ2) is 8.37. The Bertz CT molecular complexity index is 739. The van der Waals surface area contributed by atoms with Crippen molar-refractivity contribution in [2.75, 3.05) is 12.3 Å². The van der Waals surface area contributed by atoms with E-state index >= 15 is 0 Å². The minimum atomic E-state index is -3.52. The molecule has 1 heterocycles. The molecule has 1 aromatic carbocycles. The van der Waals surface area contributed by atoms with Gasteiger partial charge < -0.3 is 11.1 Å². The number of rotatable bonds is 8. The Morgan fingerprint density at radius 3 is 2.78 bits per heavy atom. The molecule has 0 fully saturated rings. The Kier molecular flexibility index (Phi) is 6.49. The van der Waals surface area contributed by atoms with Gasteiger partial charge in [-0.3, -0.25) is 0 Å². The maximum absolute atomic E-state index is 12.2. The van der Waals surface area contributed by atoms with Gasteiger partial charge in [0, 0.05) is 29.6 Å². The minimum Gasteiger partial charge on any atom is -0.385 e. The third kappa shape index (κ3) is 5.89. The monoisotopic (exact) mass is 369 g/mol.